The van der Waals surface area contributed by atoms with E-state index >= 15 is 0 Å². The molecule has 0 spiro atoms. The van der Waals surface area contributed by atoms with E-state index < -0.39 is 14.8 Å². The molecular formula is C20H34N2O5S. The Labute approximate surface area is 169 Å². The van der Waals surface area contributed by atoms with Crippen LogP contribution in [0.2, 0.25) is 0 Å². The van der Waals surface area contributed by atoms with Crippen molar-refractivity contribution < 1.29 is 22.6 Å². The number of hydrogen-bond acceptors (Lipinski definition) is 6. The summed E-state index contributed by atoms with van der Waals surface area (Å²) in [5, 5.41) is 3.45. The Bertz CT molecular complexity index is 725. The Morgan fingerprint density at radius 3 is 1.93 bits per heavy atom. The van der Waals surface area contributed by atoms with Gasteiger partial charge in [-0.2, -0.15) is 0 Å². The van der Waals surface area contributed by atoms with Gasteiger partial charge in [-0.05, 0) is 52.4 Å². The highest BCUT2D eigenvalue weighted by atomic mass is 32.2. The first-order valence-electron chi connectivity index (χ1n) is 9.67. The van der Waals surface area contributed by atoms with Gasteiger partial charge in [-0.25, -0.2) is 13.1 Å². The van der Waals surface area contributed by atoms with Crippen LogP contribution in [0.1, 0.15) is 46.5 Å². The van der Waals surface area contributed by atoms with E-state index in [1.165, 1.54) is 0 Å². The summed E-state index contributed by atoms with van der Waals surface area (Å²) in [7, 11) is 1.48. The van der Waals surface area contributed by atoms with E-state index in [-0.39, 0.29) is 6.04 Å². The molecule has 1 saturated carbocycles. The van der Waals surface area contributed by atoms with Crippen molar-refractivity contribution in [2.45, 2.75) is 57.2 Å². The molecule has 0 saturated heterocycles. The van der Waals surface area contributed by atoms with Crippen LogP contribution in [-0.4, -0.2) is 47.1 Å². The van der Waals surface area contributed by atoms with E-state index in [0.29, 0.717) is 23.2 Å². The van der Waals surface area contributed by atoms with E-state index in [0.717, 1.165) is 37.9 Å². The second-order valence-corrected chi connectivity index (χ2v) is 10.7. The zero-order valence-electron chi connectivity index (χ0n) is 17.8. The largest absolute Gasteiger partial charge is 0.493 e. The zero-order chi connectivity index (χ0) is 20.9. The minimum atomic E-state index is -3.30. The van der Waals surface area contributed by atoms with E-state index in [4.69, 9.17) is 14.2 Å². The third kappa shape index (κ3) is 5.44. The van der Waals surface area contributed by atoms with Crippen LogP contribution in [0.3, 0.4) is 0 Å². The molecule has 0 amide bonds. The molecule has 0 unspecified atom stereocenters. The van der Waals surface area contributed by atoms with Crippen molar-refractivity contribution in [2.75, 3.05) is 33.2 Å². The van der Waals surface area contributed by atoms with Gasteiger partial charge in [0, 0.05) is 30.4 Å². The SMILES string of the molecule is COc1cc(NCC2CCC(NS(=O)(=O)C(C)(C)C)CC2)cc(OC)c1OC. The van der Waals surface area contributed by atoms with Gasteiger partial charge in [0.2, 0.25) is 15.8 Å². The zero-order valence-corrected chi connectivity index (χ0v) is 18.6. The minimum Gasteiger partial charge on any atom is -0.493 e. The van der Waals surface area contributed by atoms with Gasteiger partial charge in [0.15, 0.2) is 11.5 Å². The summed E-state index contributed by atoms with van der Waals surface area (Å²) in [5.41, 5.74) is 0.907. The number of nitrogens with one attached hydrogen (secondary N) is 2. The van der Waals surface area contributed by atoms with Crippen molar-refractivity contribution >= 4 is 15.7 Å². The normalized spacial score (nSPS) is 20.5. The lowest BCUT2D eigenvalue weighted by Crippen LogP contribution is -2.46. The highest BCUT2D eigenvalue weighted by molar-refractivity contribution is 7.90. The number of benzene rings is 1. The third-order valence-corrected chi connectivity index (χ3v) is 7.49. The van der Waals surface area contributed by atoms with Crippen LogP contribution >= 0.6 is 0 Å². The summed E-state index contributed by atoms with van der Waals surface area (Å²) in [6.45, 7) is 5.99. The van der Waals surface area contributed by atoms with Crippen LogP contribution < -0.4 is 24.2 Å². The van der Waals surface area contributed by atoms with Gasteiger partial charge >= 0.3 is 0 Å². The maximum atomic E-state index is 12.3. The average molecular weight is 415 g/mol. The molecule has 7 nitrogen and oxygen atoms in total. The minimum absolute atomic E-state index is 0.0293. The fourth-order valence-corrected chi connectivity index (χ4v) is 4.35. The molecule has 2 N–H and O–H groups in total. The summed E-state index contributed by atoms with van der Waals surface area (Å²) >= 11 is 0. The van der Waals surface area contributed by atoms with Crippen molar-refractivity contribution in [1.82, 2.24) is 4.72 Å². The molecular weight excluding hydrogens is 380 g/mol. The molecule has 2 rings (SSSR count). The van der Waals surface area contributed by atoms with Crippen LogP contribution in [0.25, 0.3) is 0 Å². The van der Waals surface area contributed by atoms with Crippen molar-refractivity contribution in [3.63, 3.8) is 0 Å². The fraction of sp³-hybridized carbons (Fsp3) is 0.700. The van der Waals surface area contributed by atoms with Gasteiger partial charge in [-0.1, -0.05) is 0 Å². The van der Waals surface area contributed by atoms with E-state index in [2.05, 4.69) is 10.0 Å². The molecule has 0 radical (unpaired) electrons. The molecule has 0 bridgehead atoms. The topological polar surface area (TPSA) is 85.9 Å². The number of hydrogen-bond donors (Lipinski definition) is 2. The molecule has 8 heteroatoms. The quantitative estimate of drug-likeness (QED) is 0.678. The van der Waals surface area contributed by atoms with Gasteiger partial charge in [0.25, 0.3) is 0 Å². The summed E-state index contributed by atoms with van der Waals surface area (Å²) in [6.07, 6.45) is 3.68. The van der Waals surface area contributed by atoms with Gasteiger partial charge in [0.1, 0.15) is 0 Å². The van der Waals surface area contributed by atoms with Crippen LogP contribution in [0, 0.1) is 5.92 Å². The molecule has 0 aliphatic heterocycles. The van der Waals surface area contributed by atoms with E-state index in [1.807, 2.05) is 12.1 Å². The highest BCUT2D eigenvalue weighted by Gasteiger charge is 2.32. The van der Waals surface area contributed by atoms with Gasteiger partial charge in [-0.15, -0.1) is 0 Å². The molecule has 0 heterocycles. The van der Waals surface area contributed by atoms with Crippen LogP contribution in [0.4, 0.5) is 5.69 Å². The van der Waals surface area contributed by atoms with Crippen molar-refractivity contribution in [2.24, 2.45) is 5.92 Å². The molecule has 1 aromatic rings. The molecule has 0 atom stereocenters. The molecule has 160 valence electrons. The second-order valence-electron chi connectivity index (χ2n) is 8.25. The molecule has 1 aliphatic rings. The molecule has 1 aromatic carbocycles. The standard InChI is InChI=1S/C20H34N2O5S/c1-20(2,3)28(23,24)22-15-9-7-14(8-10-15)13-21-16-11-17(25-4)19(27-6)18(12-16)26-5/h11-12,14-15,21-22H,7-10,13H2,1-6H3. The molecule has 1 aliphatic carbocycles. The number of anilines is 1. The predicted octanol–water partition coefficient (Wildman–Crippen LogP) is 3.40. The Morgan fingerprint density at radius 1 is 0.964 bits per heavy atom. The first-order valence-corrected chi connectivity index (χ1v) is 11.2. The lowest BCUT2D eigenvalue weighted by molar-refractivity contribution is 0.321. The molecule has 28 heavy (non-hydrogen) atoms. The predicted molar refractivity (Wildman–Crippen MR) is 112 cm³/mol. The fourth-order valence-electron chi connectivity index (χ4n) is 3.33. The number of ether oxygens (including phenoxy) is 3. The first kappa shape index (κ1) is 22.6. The summed E-state index contributed by atoms with van der Waals surface area (Å²) in [6, 6.07) is 3.82. The van der Waals surface area contributed by atoms with Crippen LogP contribution in [-0.2, 0) is 10.0 Å². The number of sulfonamides is 1. The van der Waals surface area contributed by atoms with Crippen molar-refractivity contribution in [3.8, 4) is 17.2 Å². The lowest BCUT2D eigenvalue weighted by atomic mass is 9.86. The summed E-state index contributed by atoms with van der Waals surface area (Å²) < 4.78 is 42.9. The second kappa shape index (κ2) is 9.22. The highest BCUT2D eigenvalue weighted by Crippen LogP contribution is 2.40. The van der Waals surface area contributed by atoms with E-state index in [1.54, 1.807) is 42.1 Å². The Kier molecular flexibility index (Phi) is 7.45. The Balaban J connectivity index is 1.91. The Hall–Kier alpha value is -1.67. The number of rotatable bonds is 8. The van der Waals surface area contributed by atoms with E-state index in [9.17, 15) is 8.42 Å². The first-order chi connectivity index (χ1) is 13.1. The van der Waals surface area contributed by atoms with Crippen LogP contribution in [0.5, 0.6) is 17.2 Å². The summed E-state index contributed by atoms with van der Waals surface area (Å²) in [5.74, 6) is 2.30. The van der Waals surface area contributed by atoms with Crippen molar-refractivity contribution in [1.29, 1.82) is 0 Å². The third-order valence-electron chi connectivity index (χ3n) is 5.23. The molecule has 0 aromatic heterocycles. The summed E-state index contributed by atoms with van der Waals surface area (Å²) in [4.78, 5) is 0. The number of methoxy groups -OCH3 is 3. The smallest absolute Gasteiger partial charge is 0.216 e. The van der Waals surface area contributed by atoms with Gasteiger partial charge in [-0.3, -0.25) is 0 Å². The lowest BCUT2D eigenvalue weighted by Gasteiger charge is -2.31. The molecule has 1 fully saturated rings. The van der Waals surface area contributed by atoms with Crippen LogP contribution in [0.15, 0.2) is 12.1 Å². The monoisotopic (exact) mass is 414 g/mol. The maximum absolute atomic E-state index is 12.3. The van der Waals surface area contributed by atoms with Crippen molar-refractivity contribution in [3.05, 3.63) is 12.1 Å². The maximum Gasteiger partial charge on any atom is 0.216 e. The Morgan fingerprint density at radius 2 is 1.50 bits per heavy atom. The average Bonchev–Trinajstić information content (AvgIpc) is 2.65. The van der Waals surface area contributed by atoms with Gasteiger partial charge in [0.05, 0.1) is 26.1 Å². The van der Waals surface area contributed by atoms with Gasteiger partial charge < -0.3 is 19.5 Å².